The number of ketones is 1. The van der Waals surface area contributed by atoms with E-state index in [2.05, 4.69) is 39.8 Å². The molecule has 0 aliphatic carbocycles. The molecule has 0 aromatic heterocycles. The summed E-state index contributed by atoms with van der Waals surface area (Å²) in [6, 6.07) is 6.36. The van der Waals surface area contributed by atoms with E-state index in [1.165, 1.54) is 13.8 Å². The van der Waals surface area contributed by atoms with Gasteiger partial charge in [-0.15, -0.1) is 0 Å². The molecule has 3 aliphatic heterocycles. The maximum Gasteiger partial charge on any atom is 0.534 e. The quantitative estimate of drug-likeness (QED) is 0.0143. The van der Waals surface area contributed by atoms with Crippen molar-refractivity contribution in [2.75, 3.05) is 0 Å². The molecule has 1 N–H and O–H groups in total. The average Bonchev–Trinajstić information content (AvgIpc) is 3.52. The van der Waals surface area contributed by atoms with Gasteiger partial charge in [-0.25, -0.2) is 19.2 Å². The Labute approximate surface area is 442 Å². The van der Waals surface area contributed by atoms with E-state index >= 15 is 0 Å². The van der Waals surface area contributed by atoms with E-state index in [-0.39, 0.29) is 38.5 Å². The summed E-state index contributed by atoms with van der Waals surface area (Å²) in [6.07, 6.45) is -1.27. The number of hydrogen-bond acceptors (Lipinski definition) is 18. The number of non-ortho nitro benzene ring substituents is 2. The molecule has 420 valence electrons. The number of carbonyl (C=O) groups excluding carboxylic acids is 7. The first kappa shape index (κ1) is 62.7. The van der Waals surface area contributed by atoms with Crippen LogP contribution in [0.3, 0.4) is 0 Å². The van der Waals surface area contributed by atoms with Crippen molar-refractivity contribution >= 4 is 85.3 Å². The fourth-order valence-corrected chi connectivity index (χ4v) is 11.4. The van der Waals surface area contributed by atoms with Crippen molar-refractivity contribution in [3.05, 3.63) is 96.9 Å². The smallest absolute Gasteiger partial charge is 0.413 e. The number of Topliss-reactive ketones (excluding diaryl/α,β-unsaturated/α-hetero) is 1. The van der Waals surface area contributed by atoms with E-state index in [4.69, 9.17) is 13.6 Å². The predicted molar refractivity (Wildman–Crippen MR) is 267 cm³/mol. The Morgan fingerprint density at radius 2 is 1.16 bits per heavy atom. The third kappa shape index (κ3) is 13.3. The summed E-state index contributed by atoms with van der Waals surface area (Å²) in [5, 5.41) is 23.8. The highest BCUT2D eigenvalue weighted by Crippen LogP contribution is 2.51. The predicted octanol–water partition coefficient (Wildman–Crippen LogP) is 6.92. The SMILES string of the molecule is C[C@@H](O[Si](C)(C)C(C)(C)C)[C@H]1C(=O)N2C(C(=O)OC(=O)c3ccc([N+](=O)[O-])cc3)=C(OS(=O)(=O)C(F)(F)F)[C@H](C)[C@H]12.C[C@@H](O[Si](C)(C)C(C)(C)C)[C@H]1C(=O)N[C@@H]1[C@@H](C)C(=O)C(=[N+]=[N-])C(=O)OC(=O)c1ccc([N+](=O)[O-])cc1. The van der Waals surface area contributed by atoms with Gasteiger partial charge in [0.2, 0.25) is 11.8 Å². The van der Waals surface area contributed by atoms with Gasteiger partial charge in [0.25, 0.3) is 17.2 Å². The number of ether oxygens (including phenoxy) is 2. The number of nitrogens with zero attached hydrogens (tertiary/aromatic N) is 5. The van der Waals surface area contributed by atoms with Crippen LogP contribution in [-0.4, -0.2) is 122 Å². The largest absolute Gasteiger partial charge is 0.534 e. The number of hydrogen-bond donors (Lipinski definition) is 1. The number of rotatable bonds is 17. The number of amides is 2. The van der Waals surface area contributed by atoms with Crippen molar-refractivity contribution in [1.82, 2.24) is 10.2 Å². The number of nitro benzene ring substituents is 2. The van der Waals surface area contributed by atoms with Crippen molar-refractivity contribution in [3.63, 3.8) is 0 Å². The second-order valence-corrected chi connectivity index (χ2v) is 32.5. The minimum Gasteiger partial charge on any atom is -0.413 e. The highest BCUT2D eigenvalue weighted by molar-refractivity contribution is 7.87. The van der Waals surface area contributed by atoms with Gasteiger partial charge in [-0.05, 0) is 74.4 Å². The average molecular weight is 1140 g/mol. The Morgan fingerprint density at radius 3 is 1.53 bits per heavy atom. The van der Waals surface area contributed by atoms with Crippen molar-refractivity contribution in [1.29, 1.82) is 0 Å². The highest BCUT2D eigenvalue weighted by Gasteiger charge is 2.64. The monoisotopic (exact) mass is 1140 g/mol. The van der Waals surface area contributed by atoms with Crippen LogP contribution in [0.5, 0.6) is 0 Å². The van der Waals surface area contributed by atoms with Crippen molar-refractivity contribution in [2.24, 2.45) is 23.7 Å². The zero-order valence-electron chi connectivity index (χ0n) is 44.4. The molecule has 8 atom stereocenters. The molecule has 0 radical (unpaired) electrons. The van der Waals surface area contributed by atoms with E-state index in [0.717, 1.165) is 53.4 Å². The lowest BCUT2D eigenvalue weighted by Crippen LogP contribution is -2.67. The van der Waals surface area contributed by atoms with Gasteiger partial charge in [0.1, 0.15) is 0 Å². The minimum absolute atomic E-state index is 0.102. The number of halogens is 3. The molecule has 3 heterocycles. The maximum atomic E-state index is 13.3. The number of esters is 4. The number of nitro groups is 2. The van der Waals surface area contributed by atoms with Crippen LogP contribution in [0.4, 0.5) is 24.5 Å². The molecule has 24 nitrogen and oxygen atoms in total. The van der Waals surface area contributed by atoms with Crippen molar-refractivity contribution in [3.8, 4) is 0 Å². The molecule has 2 aromatic rings. The summed E-state index contributed by atoms with van der Waals surface area (Å²) in [4.78, 5) is 112. The number of benzene rings is 2. The zero-order valence-corrected chi connectivity index (χ0v) is 47.2. The lowest BCUT2D eigenvalue weighted by molar-refractivity contribution is -0.385. The fourth-order valence-electron chi connectivity index (χ4n) is 7.95. The van der Waals surface area contributed by atoms with E-state index < -0.39 is 143 Å². The van der Waals surface area contributed by atoms with Crippen LogP contribution in [-0.2, 0) is 56.6 Å². The van der Waals surface area contributed by atoms with Gasteiger partial charge in [-0.2, -0.15) is 26.4 Å². The number of fused-ring (bicyclic) bond motifs is 1. The molecule has 77 heavy (non-hydrogen) atoms. The van der Waals surface area contributed by atoms with Gasteiger partial charge in [-0.1, -0.05) is 55.4 Å². The Hall–Kier alpha value is -6.86. The summed E-state index contributed by atoms with van der Waals surface area (Å²) in [7, 11) is -10.9. The van der Waals surface area contributed by atoms with Crippen LogP contribution >= 0.6 is 0 Å². The lowest BCUT2D eigenvalue weighted by Gasteiger charge is -2.49. The molecule has 2 saturated heterocycles. The molecule has 0 unspecified atom stereocenters. The summed E-state index contributed by atoms with van der Waals surface area (Å²) in [5.74, 6) is -12.6. The molecule has 2 amide bonds. The van der Waals surface area contributed by atoms with E-state index in [1.807, 2.05) is 47.0 Å². The van der Waals surface area contributed by atoms with Crippen LogP contribution in [0.1, 0.15) is 90.0 Å². The van der Waals surface area contributed by atoms with Crippen LogP contribution in [0.15, 0.2) is 60.0 Å². The second kappa shape index (κ2) is 22.6. The zero-order chi connectivity index (χ0) is 59.0. The number of carbonyl (C=O) groups is 7. The van der Waals surface area contributed by atoms with Gasteiger partial charge >= 0.3 is 45.2 Å². The third-order valence-electron chi connectivity index (χ3n) is 14.3. The Balaban J connectivity index is 0.000000336. The van der Waals surface area contributed by atoms with Gasteiger partial charge in [0.05, 0.1) is 57.1 Å². The molecular weight excluding hydrogens is 1080 g/mol. The van der Waals surface area contributed by atoms with Crippen LogP contribution in [0, 0.1) is 43.9 Å². The first-order chi connectivity index (χ1) is 35.0. The van der Waals surface area contributed by atoms with E-state index in [0.29, 0.717) is 0 Å². The van der Waals surface area contributed by atoms with Gasteiger partial charge in [0.15, 0.2) is 28.1 Å². The van der Waals surface area contributed by atoms with E-state index in [1.54, 1.807) is 13.8 Å². The van der Waals surface area contributed by atoms with Gasteiger partial charge in [0, 0.05) is 36.1 Å². The van der Waals surface area contributed by atoms with Gasteiger partial charge < -0.3 is 33.4 Å². The molecule has 2 fully saturated rings. The second-order valence-electron chi connectivity index (χ2n) is 21.5. The summed E-state index contributed by atoms with van der Waals surface area (Å²) in [5.41, 5.74) is 0.304. The molecule has 3 aliphatic rings. The summed E-state index contributed by atoms with van der Waals surface area (Å²) in [6.45, 7) is 26.1. The standard InChI is InChI=1S/C24H29F3N2O10SSi.C23H30N4O8Si/c1-12-17-16(13(2)39-41(6,7)23(3,4)5)20(30)28(17)18(19(12)38-40(35,36)24(25,26)27)22(32)37-21(31)14-8-10-15(11-9-14)29(33)34;1-12(17-16(20(29)25-17)13(2)35-36(6,7)23(3,4)5)19(28)18(26-24)22(31)34-21(30)14-8-10-15(11-9-14)27(32)33/h8-13,16-17H,1-7H3;8-13,16-17H,1-7H3,(H,25,29)/t2*12-,13-,16-,17-/m11/s1. The molecule has 5 rings (SSSR count). The molecule has 0 saturated carbocycles. The highest BCUT2D eigenvalue weighted by atomic mass is 32.2. The normalized spacial score (nSPS) is 20.7. The number of β-lactam (4-membered cyclic amide) rings is 2. The molecule has 2 aromatic carbocycles. The first-order valence-corrected chi connectivity index (χ1v) is 30.8. The first-order valence-electron chi connectivity index (χ1n) is 23.6. The molecule has 0 bridgehead atoms. The number of nitrogens with one attached hydrogen (secondary N) is 1. The van der Waals surface area contributed by atoms with Crippen LogP contribution < -0.4 is 5.32 Å². The summed E-state index contributed by atoms with van der Waals surface area (Å²) >= 11 is 0. The van der Waals surface area contributed by atoms with E-state index in [9.17, 15) is 80.9 Å². The van der Waals surface area contributed by atoms with Gasteiger partial charge in [-0.3, -0.25) is 39.5 Å². The molecule has 0 spiro atoms. The van der Waals surface area contributed by atoms with Crippen molar-refractivity contribution in [2.45, 2.75) is 135 Å². The topological polar surface area (TPSA) is 338 Å². The summed E-state index contributed by atoms with van der Waals surface area (Å²) < 4.78 is 89.7. The number of alkyl halides is 3. The lowest BCUT2D eigenvalue weighted by atomic mass is 9.76. The molecular formula is C47H59F3N6O18SSi2. The third-order valence-corrected chi connectivity index (χ3v) is 24.4. The fraction of sp³-hybridized carbons (Fsp3) is 0.532. The minimum atomic E-state index is -6.27. The van der Waals surface area contributed by atoms with Crippen LogP contribution in [0.25, 0.3) is 5.53 Å². The Morgan fingerprint density at radius 1 is 0.740 bits per heavy atom. The Bertz CT molecular complexity index is 2950. The van der Waals surface area contributed by atoms with Crippen LogP contribution in [0.2, 0.25) is 36.3 Å². The van der Waals surface area contributed by atoms with Crippen molar-refractivity contribution < 1.29 is 92.3 Å². The maximum absolute atomic E-state index is 13.3. The Kier molecular flexibility index (Phi) is 18.4. The molecule has 30 heteroatoms.